The van der Waals surface area contributed by atoms with E-state index in [1.165, 1.54) is 5.56 Å². The van der Waals surface area contributed by atoms with Crippen LogP contribution in [0, 0.1) is 0 Å². The van der Waals surface area contributed by atoms with E-state index in [2.05, 4.69) is 52.1 Å². The maximum atomic E-state index is 5.03. The van der Waals surface area contributed by atoms with Gasteiger partial charge >= 0.3 is 0 Å². The maximum absolute atomic E-state index is 5.03. The quantitative estimate of drug-likeness (QED) is 0.738. The fraction of sp³-hybridized carbons (Fsp3) is 0.500. The van der Waals surface area contributed by atoms with E-state index in [0.29, 0.717) is 0 Å². The summed E-state index contributed by atoms with van der Waals surface area (Å²) in [6, 6.07) is 8.43. The normalized spacial score (nSPS) is 10.9. The molecule has 3 heteroatoms. The molecule has 1 rings (SSSR count). The van der Waals surface area contributed by atoms with Gasteiger partial charge in [0, 0.05) is 31.3 Å². The molecule has 0 saturated carbocycles. The lowest BCUT2D eigenvalue weighted by Gasteiger charge is -2.16. The summed E-state index contributed by atoms with van der Waals surface area (Å²) in [5, 5.41) is 0. The Morgan fingerprint density at radius 3 is 2.87 bits per heavy atom. The zero-order valence-corrected chi connectivity index (χ0v) is 11.0. The molecule has 2 nitrogen and oxygen atoms in total. The van der Waals surface area contributed by atoms with E-state index >= 15 is 0 Å². The van der Waals surface area contributed by atoms with Gasteiger partial charge in [0.15, 0.2) is 0 Å². The van der Waals surface area contributed by atoms with E-state index in [4.69, 9.17) is 4.74 Å². The van der Waals surface area contributed by atoms with E-state index in [1.54, 1.807) is 7.11 Å². The van der Waals surface area contributed by atoms with Crippen LogP contribution in [0.3, 0.4) is 0 Å². The fourth-order valence-corrected chi connectivity index (χ4v) is 1.95. The molecule has 0 fully saturated rings. The molecule has 0 bridgehead atoms. The summed E-state index contributed by atoms with van der Waals surface area (Å²) in [5.74, 6) is 0. The Morgan fingerprint density at radius 2 is 2.20 bits per heavy atom. The van der Waals surface area contributed by atoms with Gasteiger partial charge in [-0.3, -0.25) is 0 Å². The molecule has 1 aromatic carbocycles. The number of rotatable bonds is 6. The van der Waals surface area contributed by atoms with Crippen molar-refractivity contribution in [1.29, 1.82) is 0 Å². The van der Waals surface area contributed by atoms with E-state index in [9.17, 15) is 0 Å². The Hall–Kier alpha value is -0.380. The molecule has 0 aliphatic heterocycles. The van der Waals surface area contributed by atoms with Crippen molar-refractivity contribution >= 4 is 15.9 Å². The highest BCUT2D eigenvalue weighted by Crippen LogP contribution is 2.12. The van der Waals surface area contributed by atoms with Crippen LogP contribution in [-0.2, 0) is 11.3 Å². The molecule has 15 heavy (non-hydrogen) atoms. The predicted octanol–water partition coefficient (Wildman–Crippen LogP) is 2.92. The minimum atomic E-state index is 0.836. The molecule has 0 atom stereocenters. The first-order chi connectivity index (χ1) is 7.22. The number of halogens is 1. The SMILES string of the molecule is COCCCN(C)Cc1cccc(Br)c1. The molecule has 0 saturated heterocycles. The Labute approximate surface area is 100 Å². The van der Waals surface area contributed by atoms with Crippen molar-refractivity contribution in [3.63, 3.8) is 0 Å². The number of benzene rings is 1. The van der Waals surface area contributed by atoms with Crippen LogP contribution in [-0.4, -0.2) is 32.2 Å². The molecule has 84 valence electrons. The van der Waals surface area contributed by atoms with Gasteiger partial charge in [0.25, 0.3) is 0 Å². The second kappa shape index (κ2) is 6.99. The average Bonchev–Trinajstić information content (AvgIpc) is 2.18. The van der Waals surface area contributed by atoms with Crippen molar-refractivity contribution in [2.75, 3.05) is 27.3 Å². The zero-order chi connectivity index (χ0) is 11.1. The first kappa shape index (κ1) is 12.7. The number of hydrogen-bond donors (Lipinski definition) is 0. The molecule has 0 radical (unpaired) electrons. The van der Waals surface area contributed by atoms with Gasteiger partial charge in [0.1, 0.15) is 0 Å². The van der Waals surface area contributed by atoms with Crippen LogP contribution >= 0.6 is 15.9 Å². The molecule has 0 heterocycles. The minimum absolute atomic E-state index is 0.836. The second-order valence-electron chi connectivity index (χ2n) is 3.71. The molecule has 0 amide bonds. The first-order valence-electron chi connectivity index (χ1n) is 5.14. The topological polar surface area (TPSA) is 12.5 Å². The van der Waals surface area contributed by atoms with Gasteiger partial charge in [-0.2, -0.15) is 0 Å². The maximum Gasteiger partial charge on any atom is 0.0474 e. The lowest BCUT2D eigenvalue weighted by molar-refractivity contribution is 0.178. The molecule has 0 unspecified atom stereocenters. The molecule has 0 aliphatic carbocycles. The van der Waals surface area contributed by atoms with Crippen LogP contribution in [0.15, 0.2) is 28.7 Å². The van der Waals surface area contributed by atoms with Crippen molar-refractivity contribution in [2.45, 2.75) is 13.0 Å². The number of ether oxygens (including phenoxy) is 1. The minimum Gasteiger partial charge on any atom is -0.385 e. The molecule has 0 N–H and O–H groups in total. The summed E-state index contributed by atoms with van der Waals surface area (Å²) in [5.41, 5.74) is 1.34. The molecular weight excluding hydrogens is 254 g/mol. The average molecular weight is 272 g/mol. The van der Waals surface area contributed by atoms with Gasteiger partial charge in [-0.1, -0.05) is 28.1 Å². The van der Waals surface area contributed by atoms with Crippen LogP contribution in [0.2, 0.25) is 0 Å². The van der Waals surface area contributed by atoms with Gasteiger partial charge in [-0.25, -0.2) is 0 Å². The monoisotopic (exact) mass is 271 g/mol. The summed E-state index contributed by atoms with van der Waals surface area (Å²) in [7, 11) is 3.88. The van der Waals surface area contributed by atoms with Gasteiger partial charge in [-0.15, -0.1) is 0 Å². The summed E-state index contributed by atoms with van der Waals surface area (Å²) < 4.78 is 6.17. The van der Waals surface area contributed by atoms with E-state index in [0.717, 1.165) is 30.6 Å². The molecule has 0 aromatic heterocycles. The standard InChI is InChI=1S/C12H18BrNO/c1-14(7-4-8-15-2)10-11-5-3-6-12(13)9-11/h3,5-6,9H,4,7-8,10H2,1-2H3. The lowest BCUT2D eigenvalue weighted by Crippen LogP contribution is -2.20. The highest BCUT2D eigenvalue weighted by Gasteiger charge is 2.00. The Kier molecular flexibility index (Phi) is 5.91. The van der Waals surface area contributed by atoms with Gasteiger partial charge in [0.05, 0.1) is 0 Å². The Morgan fingerprint density at radius 1 is 1.40 bits per heavy atom. The molecule has 0 spiro atoms. The van der Waals surface area contributed by atoms with Crippen molar-refractivity contribution < 1.29 is 4.74 Å². The Bertz CT molecular complexity index is 291. The van der Waals surface area contributed by atoms with Crippen molar-refractivity contribution in [2.24, 2.45) is 0 Å². The van der Waals surface area contributed by atoms with Crippen LogP contribution < -0.4 is 0 Å². The second-order valence-corrected chi connectivity index (χ2v) is 4.63. The largest absolute Gasteiger partial charge is 0.385 e. The van der Waals surface area contributed by atoms with Crippen molar-refractivity contribution in [3.05, 3.63) is 34.3 Å². The fourth-order valence-electron chi connectivity index (χ4n) is 1.50. The van der Waals surface area contributed by atoms with Gasteiger partial charge < -0.3 is 9.64 Å². The van der Waals surface area contributed by atoms with E-state index in [1.807, 2.05) is 0 Å². The summed E-state index contributed by atoms with van der Waals surface area (Å²) in [6.45, 7) is 2.90. The van der Waals surface area contributed by atoms with Crippen LogP contribution in [0.5, 0.6) is 0 Å². The van der Waals surface area contributed by atoms with Crippen LogP contribution in [0.1, 0.15) is 12.0 Å². The highest BCUT2D eigenvalue weighted by atomic mass is 79.9. The molecule has 1 aromatic rings. The lowest BCUT2D eigenvalue weighted by atomic mass is 10.2. The first-order valence-corrected chi connectivity index (χ1v) is 5.93. The van der Waals surface area contributed by atoms with E-state index < -0.39 is 0 Å². The molecule has 0 aliphatic rings. The van der Waals surface area contributed by atoms with Gasteiger partial charge in [0.2, 0.25) is 0 Å². The van der Waals surface area contributed by atoms with Crippen molar-refractivity contribution in [1.82, 2.24) is 4.90 Å². The predicted molar refractivity (Wildman–Crippen MR) is 67.0 cm³/mol. The summed E-state index contributed by atoms with van der Waals surface area (Å²) in [6.07, 6.45) is 1.08. The third kappa shape index (κ3) is 5.30. The van der Waals surface area contributed by atoms with Crippen LogP contribution in [0.25, 0.3) is 0 Å². The Balaban J connectivity index is 2.34. The number of methoxy groups -OCH3 is 1. The van der Waals surface area contributed by atoms with Gasteiger partial charge in [-0.05, 0) is 31.2 Å². The number of nitrogens with zero attached hydrogens (tertiary/aromatic N) is 1. The van der Waals surface area contributed by atoms with Crippen LogP contribution in [0.4, 0.5) is 0 Å². The zero-order valence-electron chi connectivity index (χ0n) is 9.37. The van der Waals surface area contributed by atoms with E-state index in [-0.39, 0.29) is 0 Å². The third-order valence-corrected chi connectivity index (χ3v) is 2.72. The third-order valence-electron chi connectivity index (χ3n) is 2.23. The number of hydrogen-bond acceptors (Lipinski definition) is 2. The summed E-state index contributed by atoms with van der Waals surface area (Å²) in [4.78, 5) is 2.31. The summed E-state index contributed by atoms with van der Waals surface area (Å²) >= 11 is 3.48. The highest BCUT2D eigenvalue weighted by molar-refractivity contribution is 9.10. The van der Waals surface area contributed by atoms with Crippen molar-refractivity contribution in [3.8, 4) is 0 Å². The smallest absolute Gasteiger partial charge is 0.0474 e. The molecular formula is C12H18BrNO.